The van der Waals surface area contributed by atoms with Gasteiger partial charge in [0, 0.05) is 16.7 Å². The van der Waals surface area contributed by atoms with Gasteiger partial charge in [-0.25, -0.2) is 4.52 Å². The number of halogens is 1. The van der Waals surface area contributed by atoms with Crippen LogP contribution in [0.5, 0.6) is 0 Å². The molecule has 2 unspecified atom stereocenters. The minimum absolute atomic E-state index is 0.384. The summed E-state index contributed by atoms with van der Waals surface area (Å²) in [6.07, 6.45) is 5.68. The Morgan fingerprint density at radius 2 is 2.14 bits per heavy atom. The number of primary amides is 1. The maximum atomic E-state index is 11.8. The Kier molecular flexibility index (Phi) is 3.34. The molecule has 3 heterocycles. The highest BCUT2D eigenvalue weighted by Crippen LogP contribution is 2.37. The lowest BCUT2D eigenvalue weighted by Gasteiger charge is -2.18. The molecule has 0 radical (unpaired) electrons. The number of amides is 1. The summed E-state index contributed by atoms with van der Waals surface area (Å²) in [6.45, 7) is 2.21. The van der Waals surface area contributed by atoms with Crippen molar-refractivity contribution in [2.24, 2.45) is 17.6 Å². The SMILES string of the molecule is NC(=O)c1cnn2cc(Br)cc2c1NC1CC2CNCC2C1. The summed E-state index contributed by atoms with van der Waals surface area (Å²) in [7, 11) is 0. The summed E-state index contributed by atoms with van der Waals surface area (Å²) in [6, 6.07) is 2.34. The number of hydrogen-bond acceptors (Lipinski definition) is 4. The smallest absolute Gasteiger partial charge is 0.252 e. The molecule has 1 amide bonds. The van der Waals surface area contributed by atoms with E-state index in [1.54, 1.807) is 10.7 Å². The van der Waals surface area contributed by atoms with E-state index in [0.29, 0.717) is 11.6 Å². The quantitative estimate of drug-likeness (QED) is 0.773. The fraction of sp³-hybridized carbons (Fsp3) is 0.467. The second-order valence-electron chi connectivity index (χ2n) is 6.28. The molecule has 2 fully saturated rings. The topological polar surface area (TPSA) is 84.5 Å². The summed E-state index contributed by atoms with van der Waals surface area (Å²) in [5, 5.41) is 11.3. The highest BCUT2D eigenvalue weighted by molar-refractivity contribution is 9.10. The number of carbonyl (C=O) groups is 1. The highest BCUT2D eigenvalue weighted by Gasteiger charge is 2.37. The maximum absolute atomic E-state index is 11.8. The number of fused-ring (bicyclic) bond motifs is 2. The minimum Gasteiger partial charge on any atom is -0.380 e. The van der Waals surface area contributed by atoms with Crippen LogP contribution in [0.25, 0.3) is 5.52 Å². The molecule has 22 heavy (non-hydrogen) atoms. The van der Waals surface area contributed by atoms with Gasteiger partial charge in [-0.15, -0.1) is 0 Å². The molecular formula is C15H18BrN5O. The number of aromatic nitrogens is 2. The summed E-state index contributed by atoms with van der Waals surface area (Å²) < 4.78 is 2.69. The van der Waals surface area contributed by atoms with Crippen LogP contribution in [0.2, 0.25) is 0 Å². The second kappa shape index (κ2) is 5.24. The van der Waals surface area contributed by atoms with E-state index in [-0.39, 0.29) is 0 Å². The number of anilines is 1. The molecule has 1 saturated heterocycles. The van der Waals surface area contributed by atoms with E-state index in [9.17, 15) is 4.79 Å². The number of hydrogen-bond donors (Lipinski definition) is 3. The van der Waals surface area contributed by atoms with Gasteiger partial charge in [0.05, 0.1) is 23.0 Å². The molecule has 2 atom stereocenters. The van der Waals surface area contributed by atoms with Gasteiger partial charge in [0.25, 0.3) is 5.91 Å². The van der Waals surface area contributed by atoms with Crippen LogP contribution in [-0.4, -0.2) is 34.7 Å². The van der Waals surface area contributed by atoms with Gasteiger partial charge in [-0.1, -0.05) is 0 Å². The molecule has 2 aromatic heterocycles. The fourth-order valence-corrected chi connectivity index (χ4v) is 4.26. The predicted molar refractivity (Wildman–Crippen MR) is 87.9 cm³/mol. The lowest BCUT2D eigenvalue weighted by atomic mass is 10.0. The average molecular weight is 364 g/mol. The van der Waals surface area contributed by atoms with E-state index in [1.165, 1.54) is 0 Å². The van der Waals surface area contributed by atoms with Crippen molar-refractivity contribution in [3.8, 4) is 0 Å². The highest BCUT2D eigenvalue weighted by atomic mass is 79.9. The van der Waals surface area contributed by atoms with Crippen LogP contribution in [0, 0.1) is 11.8 Å². The Morgan fingerprint density at radius 3 is 2.82 bits per heavy atom. The first kappa shape index (κ1) is 14.0. The van der Waals surface area contributed by atoms with E-state index in [2.05, 4.69) is 31.7 Å². The number of nitrogens with two attached hydrogens (primary N) is 1. The van der Waals surface area contributed by atoms with Crippen molar-refractivity contribution in [2.45, 2.75) is 18.9 Å². The van der Waals surface area contributed by atoms with Crippen molar-refractivity contribution in [3.05, 3.63) is 28.5 Å². The van der Waals surface area contributed by atoms with E-state index in [4.69, 9.17) is 5.73 Å². The van der Waals surface area contributed by atoms with Gasteiger partial charge in [0.1, 0.15) is 0 Å². The Bertz CT molecular complexity index is 731. The van der Waals surface area contributed by atoms with Crippen molar-refractivity contribution in [1.82, 2.24) is 14.9 Å². The van der Waals surface area contributed by atoms with Crippen LogP contribution in [0.3, 0.4) is 0 Å². The van der Waals surface area contributed by atoms with Crippen LogP contribution >= 0.6 is 15.9 Å². The molecule has 7 heteroatoms. The average Bonchev–Trinajstić information content (AvgIpc) is 3.11. The van der Waals surface area contributed by atoms with Crippen LogP contribution in [0.1, 0.15) is 23.2 Å². The predicted octanol–water partition coefficient (Wildman–Crippen LogP) is 1.61. The summed E-state index contributed by atoms with van der Waals surface area (Å²) >= 11 is 3.46. The molecule has 0 spiro atoms. The molecule has 4 rings (SSSR count). The first-order chi connectivity index (χ1) is 10.6. The molecule has 1 aliphatic heterocycles. The van der Waals surface area contributed by atoms with Gasteiger partial charge in [0.15, 0.2) is 0 Å². The molecule has 0 bridgehead atoms. The summed E-state index contributed by atoms with van der Waals surface area (Å²) in [5.41, 5.74) is 7.65. The molecule has 2 aliphatic rings. The number of nitrogens with zero attached hydrogens (tertiary/aromatic N) is 2. The van der Waals surface area contributed by atoms with E-state index < -0.39 is 5.91 Å². The summed E-state index contributed by atoms with van der Waals surface area (Å²) in [5.74, 6) is 1.03. The minimum atomic E-state index is -0.449. The Labute approximate surface area is 136 Å². The van der Waals surface area contributed by atoms with Gasteiger partial charge in [-0.2, -0.15) is 5.10 Å². The molecule has 1 saturated carbocycles. The zero-order valence-electron chi connectivity index (χ0n) is 12.1. The normalized spacial score (nSPS) is 27.2. The Hall–Kier alpha value is -1.60. The molecule has 2 aromatic rings. The Balaban J connectivity index is 1.70. The van der Waals surface area contributed by atoms with Crippen LogP contribution in [0.15, 0.2) is 22.9 Å². The first-order valence-corrected chi connectivity index (χ1v) is 8.35. The van der Waals surface area contributed by atoms with Crippen LogP contribution < -0.4 is 16.4 Å². The van der Waals surface area contributed by atoms with E-state index >= 15 is 0 Å². The monoisotopic (exact) mass is 363 g/mol. The molecule has 116 valence electrons. The third-order valence-corrected chi connectivity index (χ3v) is 5.31. The molecule has 6 nitrogen and oxygen atoms in total. The molecule has 0 aromatic carbocycles. The molecule has 1 aliphatic carbocycles. The third kappa shape index (κ3) is 2.28. The zero-order chi connectivity index (χ0) is 15.3. The van der Waals surface area contributed by atoms with Crippen molar-refractivity contribution in [2.75, 3.05) is 18.4 Å². The van der Waals surface area contributed by atoms with Gasteiger partial charge in [0.2, 0.25) is 0 Å². The van der Waals surface area contributed by atoms with Crippen molar-refractivity contribution in [1.29, 1.82) is 0 Å². The van der Waals surface area contributed by atoms with Crippen molar-refractivity contribution in [3.63, 3.8) is 0 Å². The van der Waals surface area contributed by atoms with Gasteiger partial charge in [-0.3, -0.25) is 4.79 Å². The van der Waals surface area contributed by atoms with Gasteiger partial charge >= 0.3 is 0 Å². The summed E-state index contributed by atoms with van der Waals surface area (Å²) in [4.78, 5) is 11.8. The van der Waals surface area contributed by atoms with Crippen molar-refractivity contribution >= 4 is 33.0 Å². The maximum Gasteiger partial charge on any atom is 0.252 e. The third-order valence-electron chi connectivity index (χ3n) is 4.87. The number of nitrogens with one attached hydrogen (secondary N) is 2. The van der Waals surface area contributed by atoms with Crippen LogP contribution in [0.4, 0.5) is 5.69 Å². The van der Waals surface area contributed by atoms with Gasteiger partial charge in [-0.05, 0) is 59.8 Å². The van der Waals surface area contributed by atoms with E-state index in [0.717, 1.165) is 53.4 Å². The molecular weight excluding hydrogens is 346 g/mol. The standard InChI is InChI=1S/C15H18BrN5O/c16-10-3-13-14(12(15(17)22)6-19-21(13)7-10)20-11-1-8-4-18-5-9(8)2-11/h3,6-9,11,18,20H,1-2,4-5H2,(H2,17,22). The second-order valence-corrected chi connectivity index (χ2v) is 7.19. The lowest BCUT2D eigenvalue weighted by molar-refractivity contribution is 0.100. The van der Waals surface area contributed by atoms with Gasteiger partial charge < -0.3 is 16.4 Å². The fourth-order valence-electron chi connectivity index (χ4n) is 3.85. The van der Waals surface area contributed by atoms with Crippen LogP contribution in [-0.2, 0) is 0 Å². The van der Waals surface area contributed by atoms with E-state index in [1.807, 2.05) is 12.3 Å². The largest absolute Gasteiger partial charge is 0.380 e. The van der Waals surface area contributed by atoms with Crippen molar-refractivity contribution < 1.29 is 4.79 Å². The number of rotatable bonds is 3. The Morgan fingerprint density at radius 1 is 1.41 bits per heavy atom. The zero-order valence-corrected chi connectivity index (χ0v) is 13.6. The number of carbonyl (C=O) groups excluding carboxylic acids is 1. The lowest BCUT2D eigenvalue weighted by Crippen LogP contribution is -2.23. The molecule has 4 N–H and O–H groups in total. The first-order valence-electron chi connectivity index (χ1n) is 7.56.